The molecule has 7 nitrogen and oxygen atoms in total. The summed E-state index contributed by atoms with van der Waals surface area (Å²) in [6.45, 7) is 5.19. The van der Waals surface area contributed by atoms with Gasteiger partial charge >= 0.3 is 0 Å². The smallest absolute Gasteiger partial charge is 0.242 e. The summed E-state index contributed by atoms with van der Waals surface area (Å²) >= 11 is 0. The first-order valence-corrected chi connectivity index (χ1v) is 8.25. The Bertz CT molecular complexity index is 726. The van der Waals surface area contributed by atoms with Crippen LogP contribution in [-0.2, 0) is 11.8 Å². The number of anilines is 1. The summed E-state index contributed by atoms with van der Waals surface area (Å²) in [6, 6.07) is 0.126. The minimum atomic E-state index is 0.119. The lowest BCUT2D eigenvalue weighted by Crippen LogP contribution is -2.39. The number of nitrogens with zero attached hydrogens (tertiary/aromatic N) is 6. The fourth-order valence-electron chi connectivity index (χ4n) is 3.50. The number of amides is 1. The normalized spacial score (nSPS) is 17.3. The number of rotatable bonds is 4. The number of aromatic nitrogens is 4. The molecule has 24 heavy (non-hydrogen) atoms. The van der Waals surface area contributed by atoms with Crippen molar-refractivity contribution in [3.8, 4) is 0 Å². The van der Waals surface area contributed by atoms with E-state index in [2.05, 4.69) is 22.0 Å². The Morgan fingerprint density at radius 2 is 2.17 bits per heavy atom. The molecule has 1 amide bonds. The first-order chi connectivity index (χ1) is 11.5. The van der Waals surface area contributed by atoms with Gasteiger partial charge in [0.1, 0.15) is 5.82 Å². The molecule has 3 heterocycles. The molecule has 0 aliphatic carbocycles. The van der Waals surface area contributed by atoms with Crippen LogP contribution in [0.5, 0.6) is 0 Å². The molecule has 128 valence electrons. The highest BCUT2D eigenvalue weighted by molar-refractivity contribution is 5.81. The number of hydrogen-bond donors (Lipinski definition) is 0. The highest BCUT2D eigenvalue weighted by Crippen LogP contribution is 2.35. The van der Waals surface area contributed by atoms with Gasteiger partial charge in [0.15, 0.2) is 0 Å². The molecule has 2 aromatic heterocycles. The fourth-order valence-corrected chi connectivity index (χ4v) is 3.50. The Labute approximate surface area is 142 Å². The van der Waals surface area contributed by atoms with Crippen LogP contribution in [-0.4, -0.2) is 50.7 Å². The Kier molecular flexibility index (Phi) is 4.51. The van der Waals surface area contributed by atoms with Gasteiger partial charge in [-0.2, -0.15) is 5.10 Å². The van der Waals surface area contributed by atoms with Gasteiger partial charge in [0.05, 0.1) is 24.5 Å². The average molecular weight is 328 g/mol. The molecule has 1 aliphatic heterocycles. The quantitative estimate of drug-likeness (QED) is 0.853. The van der Waals surface area contributed by atoms with Crippen molar-refractivity contribution in [3.05, 3.63) is 35.5 Å². The molecule has 0 N–H and O–H groups in total. The van der Waals surface area contributed by atoms with Gasteiger partial charge in [-0.3, -0.25) is 14.5 Å². The van der Waals surface area contributed by atoms with Gasteiger partial charge in [-0.25, -0.2) is 4.98 Å². The van der Waals surface area contributed by atoms with Crippen LogP contribution in [0.3, 0.4) is 0 Å². The van der Waals surface area contributed by atoms with Crippen LogP contribution in [0.2, 0.25) is 0 Å². The number of hydrogen-bond acceptors (Lipinski definition) is 5. The zero-order chi connectivity index (χ0) is 17.3. The van der Waals surface area contributed by atoms with Gasteiger partial charge in [0, 0.05) is 44.3 Å². The molecule has 0 bridgehead atoms. The molecule has 1 unspecified atom stereocenters. The van der Waals surface area contributed by atoms with Crippen LogP contribution in [0, 0.1) is 13.8 Å². The third-order valence-corrected chi connectivity index (χ3v) is 4.78. The molecule has 0 spiro atoms. The molecule has 1 saturated heterocycles. The molecule has 1 aliphatic rings. The van der Waals surface area contributed by atoms with Crippen molar-refractivity contribution in [1.29, 1.82) is 0 Å². The number of aryl methyl sites for hydroxylation is 2. The standard InChI is InChI=1S/C17H24N6O/c1-12-17(13(2)22(4)20-12)14-6-5-9-23(14)16(24)11-21(3)15-10-18-7-8-19-15/h7-8,10,14H,5-6,9,11H2,1-4H3. The van der Waals surface area contributed by atoms with E-state index < -0.39 is 0 Å². The number of likely N-dealkylation sites (N-methyl/N-ethyl adjacent to an activating group) is 1. The summed E-state index contributed by atoms with van der Waals surface area (Å²) in [7, 11) is 3.82. The third-order valence-electron chi connectivity index (χ3n) is 4.78. The number of carbonyl (C=O) groups excluding carboxylic acids is 1. The van der Waals surface area contributed by atoms with Gasteiger partial charge in [0.25, 0.3) is 0 Å². The Morgan fingerprint density at radius 3 is 2.79 bits per heavy atom. The first kappa shape index (κ1) is 16.4. The summed E-state index contributed by atoms with van der Waals surface area (Å²) in [5.41, 5.74) is 3.35. The van der Waals surface area contributed by atoms with Crippen molar-refractivity contribution < 1.29 is 4.79 Å². The minimum Gasteiger partial charge on any atom is -0.349 e. The largest absolute Gasteiger partial charge is 0.349 e. The molecule has 2 aromatic rings. The van der Waals surface area contributed by atoms with E-state index in [1.54, 1.807) is 18.6 Å². The van der Waals surface area contributed by atoms with E-state index in [1.165, 1.54) is 5.56 Å². The van der Waals surface area contributed by atoms with E-state index in [-0.39, 0.29) is 11.9 Å². The van der Waals surface area contributed by atoms with Crippen LogP contribution >= 0.6 is 0 Å². The van der Waals surface area contributed by atoms with Crippen molar-refractivity contribution in [2.45, 2.75) is 32.7 Å². The molecule has 7 heteroatoms. The highest BCUT2D eigenvalue weighted by atomic mass is 16.2. The molecule has 1 atom stereocenters. The summed E-state index contributed by atoms with van der Waals surface area (Å²) in [5, 5.41) is 4.51. The van der Waals surface area contributed by atoms with E-state index >= 15 is 0 Å². The van der Waals surface area contributed by atoms with Crippen LogP contribution in [0.15, 0.2) is 18.6 Å². The molecule has 0 saturated carbocycles. The van der Waals surface area contributed by atoms with E-state index in [0.29, 0.717) is 12.4 Å². The van der Waals surface area contributed by atoms with Crippen molar-refractivity contribution >= 4 is 11.7 Å². The van der Waals surface area contributed by atoms with Crippen molar-refractivity contribution in [3.63, 3.8) is 0 Å². The summed E-state index contributed by atoms with van der Waals surface area (Å²) < 4.78 is 1.90. The molecule has 3 rings (SSSR count). The number of likely N-dealkylation sites (tertiary alicyclic amines) is 1. The molecular weight excluding hydrogens is 304 g/mol. The minimum absolute atomic E-state index is 0.119. The van der Waals surface area contributed by atoms with Crippen molar-refractivity contribution in [2.24, 2.45) is 7.05 Å². The van der Waals surface area contributed by atoms with Crippen LogP contribution in [0.4, 0.5) is 5.82 Å². The van der Waals surface area contributed by atoms with Crippen LogP contribution in [0.25, 0.3) is 0 Å². The predicted molar refractivity (Wildman–Crippen MR) is 91.7 cm³/mol. The maximum Gasteiger partial charge on any atom is 0.242 e. The maximum atomic E-state index is 12.9. The lowest BCUT2D eigenvalue weighted by molar-refractivity contribution is -0.130. The van der Waals surface area contributed by atoms with Gasteiger partial charge in [-0.15, -0.1) is 0 Å². The zero-order valence-corrected chi connectivity index (χ0v) is 14.7. The average Bonchev–Trinajstić information content (AvgIpc) is 3.13. The first-order valence-electron chi connectivity index (χ1n) is 8.25. The lowest BCUT2D eigenvalue weighted by atomic mass is 10.0. The molecule has 1 fully saturated rings. The van der Waals surface area contributed by atoms with E-state index in [4.69, 9.17) is 0 Å². The number of carbonyl (C=O) groups is 1. The Hall–Kier alpha value is -2.44. The predicted octanol–water partition coefficient (Wildman–Crippen LogP) is 1.63. The maximum absolute atomic E-state index is 12.9. The Balaban J connectivity index is 1.77. The zero-order valence-electron chi connectivity index (χ0n) is 14.7. The molecule has 0 aromatic carbocycles. The topological polar surface area (TPSA) is 67.2 Å². The summed E-state index contributed by atoms with van der Waals surface area (Å²) in [6.07, 6.45) is 6.96. The summed E-state index contributed by atoms with van der Waals surface area (Å²) in [5.74, 6) is 0.823. The molecule has 0 radical (unpaired) electrons. The van der Waals surface area contributed by atoms with E-state index in [1.807, 2.05) is 35.5 Å². The van der Waals surface area contributed by atoms with Crippen LogP contribution < -0.4 is 4.90 Å². The second-order valence-electron chi connectivity index (χ2n) is 6.37. The fraction of sp³-hybridized carbons (Fsp3) is 0.529. The van der Waals surface area contributed by atoms with Gasteiger partial charge in [-0.1, -0.05) is 0 Å². The third kappa shape index (κ3) is 2.98. The van der Waals surface area contributed by atoms with E-state index in [9.17, 15) is 4.79 Å². The van der Waals surface area contributed by atoms with Gasteiger partial charge < -0.3 is 9.80 Å². The SMILES string of the molecule is Cc1nn(C)c(C)c1C1CCCN1C(=O)CN(C)c1cnccn1. The van der Waals surface area contributed by atoms with Crippen molar-refractivity contribution in [2.75, 3.05) is 25.0 Å². The Morgan fingerprint density at radius 1 is 1.38 bits per heavy atom. The lowest BCUT2D eigenvalue weighted by Gasteiger charge is -2.28. The molecular formula is C17H24N6O. The van der Waals surface area contributed by atoms with Crippen molar-refractivity contribution in [1.82, 2.24) is 24.6 Å². The summed E-state index contributed by atoms with van der Waals surface area (Å²) in [4.78, 5) is 25.0. The second kappa shape index (κ2) is 6.59. The monoisotopic (exact) mass is 328 g/mol. The van der Waals surface area contributed by atoms with Gasteiger partial charge in [-0.05, 0) is 26.7 Å². The van der Waals surface area contributed by atoms with Crippen LogP contribution in [0.1, 0.15) is 35.8 Å². The second-order valence-corrected chi connectivity index (χ2v) is 6.37. The van der Waals surface area contributed by atoms with E-state index in [0.717, 1.165) is 30.8 Å². The van der Waals surface area contributed by atoms with Gasteiger partial charge in [0.2, 0.25) is 5.91 Å². The highest BCUT2D eigenvalue weighted by Gasteiger charge is 2.33.